The third-order valence-electron chi connectivity index (χ3n) is 3.02. The lowest BCUT2D eigenvalue weighted by atomic mass is 10.1. The Balaban J connectivity index is 2.27. The Morgan fingerprint density at radius 2 is 2.05 bits per heavy atom. The average Bonchev–Trinajstić information content (AvgIpc) is 2.80. The van der Waals surface area contributed by atoms with Crippen LogP contribution >= 0.6 is 0 Å². The van der Waals surface area contributed by atoms with Crippen molar-refractivity contribution in [2.45, 2.75) is 39.7 Å². The molecule has 0 spiro atoms. The monoisotopic (exact) mass is 292 g/mol. The van der Waals surface area contributed by atoms with Gasteiger partial charge in [0.05, 0.1) is 24.1 Å². The summed E-state index contributed by atoms with van der Waals surface area (Å²) in [4.78, 5) is 29.7. The van der Waals surface area contributed by atoms with E-state index in [-0.39, 0.29) is 0 Å². The Morgan fingerprint density at radius 3 is 2.67 bits per heavy atom. The first-order valence-electron chi connectivity index (χ1n) is 6.98. The van der Waals surface area contributed by atoms with Gasteiger partial charge in [0.15, 0.2) is 0 Å². The van der Waals surface area contributed by atoms with Crippen molar-refractivity contribution in [1.29, 1.82) is 0 Å². The van der Waals surface area contributed by atoms with Gasteiger partial charge in [-0.2, -0.15) is 0 Å². The fourth-order valence-corrected chi connectivity index (χ4v) is 2.21. The first-order chi connectivity index (χ1) is 9.83. The van der Waals surface area contributed by atoms with E-state index in [0.717, 1.165) is 5.56 Å². The van der Waals surface area contributed by atoms with Crippen molar-refractivity contribution in [3.05, 3.63) is 23.5 Å². The predicted octanol–water partition coefficient (Wildman–Crippen LogP) is 2.56. The van der Waals surface area contributed by atoms with E-state index in [0.29, 0.717) is 30.8 Å². The van der Waals surface area contributed by atoms with Crippen molar-refractivity contribution in [3.63, 3.8) is 0 Å². The van der Waals surface area contributed by atoms with Crippen LogP contribution in [0.1, 0.15) is 43.6 Å². The molecule has 0 bridgehead atoms. The molecule has 1 aliphatic heterocycles. The summed E-state index contributed by atoms with van der Waals surface area (Å²) in [5, 5.41) is 0. The number of rotatable bonds is 2. The zero-order chi connectivity index (χ0) is 15.6. The molecule has 21 heavy (non-hydrogen) atoms. The van der Waals surface area contributed by atoms with Crippen molar-refractivity contribution < 1.29 is 19.1 Å². The van der Waals surface area contributed by atoms with Gasteiger partial charge in [-0.25, -0.2) is 9.59 Å². The Labute approximate surface area is 124 Å². The molecule has 6 heteroatoms. The van der Waals surface area contributed by atoms with Crippen LogP contribution in [-0.2, 0) is 15.9 Å². The number of anilines is 1. The highest BCUT2D eigenvalue weighted by molar-refractivity contribution is 5.97. The Hall–Kier alpha value is -2.11. The van der Waals surface area contributed by atoms with Gasteiger partial charge in [-0.3, -0.25) is 9.88 Å². The molecule has 0 unspecified atom stereocenters. The fourth-order valence-electron chi connectivity index (χ4n) is 2.21. The number of nitrogens with zero attached hydrogens (tertiary/aromatic N) is 2. The molecular weight excluding hydrogens is 272 g/mol. The molecule has 0 aliphatic carbocycles. The zero-order valence-corrected chi connectivity index (χ0v) is 12.8. The number of fused-ring (bicyclic) bond motifs is 1. The first kappa shape index (κ1) is 15.3. The quantitative estimate of drug-likeness (QED) is 0.784. The van der Waals surface area contributed by atoms with E-state index >= 15 is 0 Å². The SMILES string of the molecule is CCOC(=O)c1cncc2c1CCN2C(=O)OC(C)(C)C. The lowest BCUT2D eigenvalue weighted by Crippen LogP contribution is -2.35. The standard InChI is InChI=1S/C15H20N2O4/c1-5-20-13(18)11-8-16-9-12-10(11)6-7-17(12)14(19)21-15(2,3)4/h8-9H,5-7H2,1-4H3. The average molecular weight is 292 g/mol. The number of carbonyl (C=O) groups excluding carboxylic acids is 2. The summed E-state index contributed by atoms with van der Waals surface area (Å²) in [7, 11) is 0. The van der Waals surface area contributed by atoms with Crippen LogP contribution in [0.15, 0.2) is 12.4 Å². The molecule has 1 aromatic rings. The van der Waals surface area contributed by atoms with E-state index in [1.807, 2.05) is 20.8 Å². The number of carbonyl (C=O) groups is 2. The fraction of sp³-hybridized carbons (Fsp3) is 0.533. The molecule has 1 amide bonds. The zero-order valence-electron chi connectivity index (χ0n) is 12.8. The van der Waals surface area contributed by atoms with E-state index in [2.05, 4.69) is 4.98 Å². The molecule has 0 saturated carbocycles. The minimum atomic E-state index is -0.563. The molecule has 0 atom stereocenters. The molecule has 1 aliphatic rings. The Kier molecular flexibility index (Phi) is 4.16. The van der Waals surface area contributed by atoms with E-state index in [1.54, 1.807) is 13.1 Å². The highest BCUT2D eigenvalue weighted by atomic mass is 16.6. The van der Waals surface area contributed by atoms with Crippen molar-refractivity contribution in [2.24, 2.45) is 0 Å². The van der Waals surface area contributed by atoms with E-state index < -0.39 is 17.7 Å². The molecule has 2 heterocycles. The van der Waals surface area contributed by atoms with Crippen molar-refractivity contribution in [1.82, 2.24) is 4.98 Å². The lowest BCUT2D eigenvalue weighted by Gasteiger charge is -2.24. The van der Waals surface area contributed by atoms with Crippen molar-refractivity contribution >= 4 is 17.7 Å². The number of pyridine rings is 1. The molecule has 0 aromatic carbocycles. The van der Waals surface area contributed by atoms with Crippen LogP contribution in [0.4, 0.5) is 10.5 Å². The minimum Gasteiger partial charge on any atom is -0.462 e. The maximum absolute atomic E-state index is 12.2. The highest BCUT2D eigenvalue weighted by Gasteiger charge is 2.32. The number of aromatic nitrogens is 1. The van der Waals surface area contributed by atoms with Crippen LogP contribution in [0.3, 0.4) is 0 Å². The molecular formula is C15H20N2O4. The smallest absolute Gasteiger partial charge is 0.414 e. The third-order valence-corrected chi connectivity index (χ3v) is 3.02. The van der Waals surface area contributed by atoms with Crippen LogP contribution in [0.25, 0.3) is 0 Å². The largest absolute Gasteiger partial charge is 0.462 e. The number of ether oxygens (including phenoxy) is 2. The van der Waals surface area contributed by atoms with Gasteiger partial charge in [0.25, 0.3) is 0 Å². The van der Waals surface area contributed by atoms with Gasteiger partial charge in [-0.1, -0.05) is 0 Å². The van der Waals surface area contributed by atoms with E-state index in [9.17, 15) is 9.59 Å². The van der Waals surface area contributed by atoms with Crippen LogP contribution in [0.2, 0.25) is 0 Å². The molecule has 1 aromatic heterocycles. The van der Waals surface area contributed by atoms with E-state index in [4.69, 9.17) is 9.47 Å². The topological polar surface area (TPSA) is 68.7 Å². The summed E-state index contributed by atoms with van der Waals surface area (Å²) in [6.07, 6.45) is 3.22. The number of amides is 1. The summed E-state index contributed by atoms with van der Waals surface area (Å²) in [5.41, 5.74) is 1.26. The lowest BCUT2D eigenvalue weighted by molar-refractivity contribution is 0.0522. The van der Waals surface area contributed by atoms with Gasteiger partial charge in [0.1, 0.15) is 5.60 Å². The number of esters is 1. The first-order valence-corrected chi connectivity index (χ1v) is 6.98. The summed E-state index contributed by atoms with van der Waals surface area (Å²) in [6, 6.07) is 0. The molecule has 0 radical (unpaired) electrons. The molecule has 6 nitrogen and oxygen atoms in total. The maximum atomic E-state index is 12.2. The van der Waals surface area contributed by atoms with Gasteiger partial charge in [0, 0.05) is 12.7 Å². The van der Waals surface area contributed by atoms with Gasteiger partial charge in [-0.15, -0.1) is 0 Å². The highest BCUT2D eigenvalue weighted by Crippen LogP contribution is 2.31. The van der Waals surface area contributed by atoms with Crippen LogP contribution < -0.4 is 4.90 Å². The summed E-state index contributed by atoms with van der Waals surface area (Å²) in [6.45, 7) is 7.97. The number of hydrogen-bond donors (Lipinski definition) is 0. The van der Waals surface area contributed by atoms with Crippen LogP contribution in [0.5, 0.6) is 0 Å². The predicted molar refractivity (Wildman–Crippen MR) is 77.5 cm³/mol. The van der Waals surface area contributed by atoms with Gasteiger partial charge in [-0.05, 0) is 39.7 Å². The van der Waals surface area contributed by atoms with E-state index in [1.165, 1.54) is 11.1 Å². The normalized spacial score (nSPS) is 13.8. The number of hydrogen-bond acceptors (Lipinski definition) is 5. The summed E-state index contributed by atoms with van der Waals surface area (Å²) in [5.74, 6) is -0.409. The molecule has 0 saturated heterocycles. The third kappa shape index (κ3) is 3.32. The molecule has 114 valence electrons. The summed E-state index contributed by atoms with van der Waals surface area (Å²) >= 11 is 0. The van der Waals surface area contributed by atoms with Crippen LogP contribution in [0, 0.1) is 0 Å². The van der Waals surface area contributed by atoms with Gasteiger partial charge < -0.3 is 9.47 Å². The van der Waals surface area contributed by atoms with Gasteiger partial charge in [0.2, 0.25) is 0 Å². The second kappa shape index (κ2) is 5.71. The van der Waals surface area contributed by atoms with Gasteiger partial charge >= 0.3 is 12.1 Å². The maximum Gasteiger partial charge on any atom is 0.414 e. The molecule has 2 rings (SSSR count). The summed E-state index contributed by atoms with van der Waals surface area (Å²) < 4.78 is 10.4. The van der Waals surface area contributed by atoms with Crippen LogP contribution in [-0.4, -0.2) is 35.8 Å². The molecule has 0 fully saturated rings. The van der Waals surface area contributed by atoms with Crippen molar-refractivity contribution in [2.75, 3.05) is 18.1 Å². The van der Waals surface area contributed by atoms with Crippen molar-refractivity contribution in [3.8, 4) is 0 Å². The Bertz CT molecular complexity index is 563. The second-order valence-electron chi connectivity index (χ2n) is 5.79. The molecule has 0 N–H and O–H groups in total. The minimum absolute atomic E-state index is 0.304. The Morgan fingerprint density at radius 1 is 1.33 bits per heavy atom. The second-order valence-corrected chi connectivity index (χ2v) is 5.79.